The van der Waals surface area contributed by atoms with Crippen molar-refractivity contribution >= 4 is 0 Å². The summed E-state index contributed by atoms with van der Waals surface area (Å²) in [5.41, 5.74) is 1.33. The SMILES string of the molecule is COc1ccc(C(OC)C2C3CC4CC(C3)CC2C4)cc1. The summed E-state index contributed by atoms with van der Waals surface area (Å²) in [6, 6.07) is 8.52. The van der Waals surface area contributed by atoms with E-state index in [4.69, 9.17) is 9.47 Å². The van der Waals surface area contributed by atoms with Crippen LogP contribution in [-0.4, -0.2) is 14.2 Å². The number of rotatable bonds is 4. The van der Waals surface area contributed by atoms with Crippen LogP contribution in [0.3, 0.4) is 0 Å². The third-order valence-corrected chi connectivity index (χ3v) is 6.35. The second-order valence-electron chi connectivity index (χ2n) is 7.44. The van der Waals surface area contributed by atoms with E-state index < -0.39 is 0 Å². The zero-order valence-corrected chi connectivity index (χ0v) is 13.1. The van der Waals surface area contributed by atoms with E-state index >= 15 is 0 Å². The van der Waals surface area contributed by atoms with Crippen molar-refractivity contribution in [3.8, 4) is 5.75 Å². The number of benzene rings is 1. The van der Waals surface area contributed by atoms with Gasteiger partial charge in [-0.15, -0.1) is 0 Å². The van der Waals surface area contributed by atoms with Gasteiger partial charge >= 0.3 is 0 Å². The lowest BCUT2D eigenvalue weighted by molar-refractivity contribution is -0.103. The van der Waals surface area contributed by atoms with Crippen LogP contribution in [0, 0.1) is 29.6 Å². The highest BCUT2D eigenvalue weighted by atomic mass is 16.5. The lowest BCUT2D eigenvalue weighted by Gasteiger charge is -2.56. The van der Waals surface area contributed by atoms with Crippen LogP contribution >= 0.6 is 0 Å². The summed E-state index contributed by atoms with van der Waals surface area (Å²) in [7, 11) is 3.61. The molecule has 0 aromatic heterocycles. The monoisotopic (exact) mass is 286 g/mol. The van der Waals surface area contributed by atoms with Gasteiger partial charge in [0.05, 0.1) is 13.2 Å². The van der Waals surface area contributed by atoms with E-state index in [-0.39, 0.29) is 6.10 Å². The van der Waals surface area contributed by atoms with Crippen molar-refractivity contribution in [3.05, 3.63) is 29.8 Å². The molecular weight excluding hydrogens is 260 g/mol. The predicted octanol–water partition coefficient (Wildman–Crippen LogP) is 4.46. The Balaban J connectivity index is 1.60. The number of hydrogen-bond acceptors (Lipinski definition) is 2. The maximum atomic E-state index is 5.99. The van der Waals surface area contributed by atoms with Gasteiger partial charge in [-0.1, -0.05) is 12.1 Å². The van der Waals surface area contributed by atoms with E-state index in [1.54, 1.807) is 7.11 Å². The minimum atomic E-state index is 0.269. The summed E-state index contributed by atoms with van der Waals surface area (Å²) in [5, 5.41) is 0. The van der Waals surface area contributed by atoms with Gasteiger partial charge < -0.3 is 9.47 Å². The van der Waals surface area contributed by atoms with Crippen molar-refractivity contribution in [3.63, 3.8) is 0 Å². The highest BCUT2D eigenvalue weighted by Crippen LogP contribution is 2.59. The van der Waals surface area contributed by atoms with E-state index in [9.17, 15) is 0 Å². The molecule has 4 aliphatic rings. The molecule has 0 radical (unpaired) electrons. The molecule has 1 unspecified atom stereocenters. The molecule has 0 N–H and O–H groups in total. The lowest BCUT2D eigenvalue weighted by Crippen LogP contribution is -2.47. The molecule has 4 bridgehead atoms. The Morgan fingerprint density at radius 1 is 0.857 bits per heavy atom. The molecule has 21 heavy (non-hydrogen) atoms. The van der Waals surface area contributed by atoms with Gasteiger partial charge in [-0.3, -0.25) is 0 Å². The molecule has 0 saturated heterocycles. The van der Waals surface area contributed by atoms with Crippen LogP contribution in [0.1, 0.15) is 43.8 Å². The van der Waals surface area contributed by atoms with E-state index in [0.29, 0.717) is 0 Å². The fraction of sp³-hybridized carbons (Fsp3) is 0.684. The normalized spacial score (nSPS) is 38.5. The van der Waals surface area contributed by atoms with E-state index in [2.05, 4.69) is 24.3 Å². The Morgan fingerprint density at radius 2 is 1.43 bits per heavy atom. The maximum absolute atomic E-state index is 5.99. The van der Waals surface area contributed by atoms with E-state index in [0.717, 1.165) is 35.3 Å². The van der Waals surface area contributed by atoms with Crippen molar-refractivity contribution in [2.45, 2.75) is 38.2 Å². The highest BCUT2D eigenvalue weighted by molar-refractivity contribution is 5.29. The summed E-state index contributed by atoms with van der Waals surface area (Å²) in [6.45, 7) is 0. The van der Waals surface area contributed by atoms with Crippen molar-refractivity contribution in [2.75, 3.05) is 14.2 Å². The van der Waals surface area contributed by atoms with Gasteiger partial charge in [0.2, 0.25) is 0 Å². The average molecular weight is 286 g/mol. The van der Waals surface area contributed by atoms with Crippen molar-refractivity contribution in [1.82, 2.24) is 0 Å². The third-order valence-electron chi connectivity index (χ3n) is 6.35. The first-order chi connectivity index (χ1) is 10.3. The fourth-order valence-electron chi connectivity index (χ4n) is 5.77. The molecule has 0 spiro atoms. The Labute approximate surface area is 127 Å². The van der Waals surface area contributed by atoms with Crippen LogP contribution in [0.15, 0.2) is 24.3 Å². The van der Waals surface area contributed by atoms with E-state index in [1.165, 1.54) is 37.7 Å². The number of hydrogen-bond donors (Lipinski definition) is 0. The predicted molar refractivity (Wildman–Crippen MR) is 83.3 cm³/mol. The minimum absolute atomic E-state index is 0.269. The smallest absolute Gasteiger partial charge is 0.118 e. The second-order valence-corrected chi connectivity index (χ2v) is 7.44. The van der Waals surface area contributed by atoms with Gasteiger partial charge in [0.15, 0.2) is 0 Å². The fourth-order valence-corrected chi connectivity index (χ4v) is 5.77. The molecule has 1 aromatic carbocycles. The topological polar surface area (TPSA) is 18.5 Å². The first kappa shape index (κ1) is 13.6. The first-order valence-corrected chi connectivity index (χ1v) is 8.45. The molecule has 1 atom stereocenters. The lowest BCUT2D eigenvalue weighted by atomic mass is 9.50. The Bertz CT molecular complexity index is 465. The van der Waals surface area contributed by atoms with Gasteiger partial charge in [-0.25, -0.2) is 0 Å². The van der Waals surface area contributed by atoms with Crippen LogP contribution in [0.4, 0.5) is 0 Å². The van der Waals surface area contributed by atoms with Gasteiger partial charge in [0.25, 0.3) is 0 Å². The zero-order chi connectivity index (χ0) is 14.4. The summed E-state index contributed by atoms with van der Waals surface area (Å²) in [6.07, 6.45) is 7.59. The maximum Gasteiger partial charge on any atom is 0.118 e. The number of ether oxygens (including phenoxy) is 2. The molecule has 0 aliphatic heterocycles. The molecule has 0 amide bonds. The standard InChI is InChI=1S/C19H26O2/c1-20-17-5-3-14(4-6-17)19(21-2)18-15-8-12-7-13(10-15)11-16(18)9-12/h3-6,12-13,15-16,18-19H,7-11H2,1-2H3. The van der Waals surface area contributed by atoms with Gasteiger partial charge in [0, 0.05) is 7.11 Å². The largest absolute Gasteiger partial charge is 0.497 e. The Kier molecular flexibility index (Phi) is 3.45. The Morgan fingerprint density at radius 3 is 1.90 bits per heavy atom. The molecule has 4 aliphatic carbocycles. The minimum Gasteiger partial charge on any atom is -0.497 e. The Hall–Kier alpha value is -1.02. The molecule has 2 nitrogen and oxygen atoms in total. The molecule has 114 valence electrons. The highest BCUT2D eigenvalue weighted by Gasteiger charge is 2.50. The van der Waals surface area contributed by atoms with Crippen LogP contribution < -0.4 is 4.74 Å². The molecule has 2 heteroatoms. The van der Waals surface area contributed by atoms with Gasteiger partial charge in [-0.05, 0) is 79.4 Å². The molecule has 1 aromatic rings. The molecule has 0 heterocycles. The van der Waals surface area contributed by atoms with Crippen LogP contribution in [0.5, 0.6) is 5.75 Å². The number of methoxy groups -OCH3 is 2. The summed E-state index contributed by atoms with van der Waals surface area (Å²) in [5.74, 6) is 5.51. The quantitative estimate of drug-likeness (QED) is 0.814. The molecular formula is C19H26O2. The third kappa shape index (κ3) is 2.28. The van der Waals surface area contributed by atoms with Crippen molar-refractivity contribution in [1.29, 1.82) is 0 Å². The van der Waals surface area contributed by atoms with Gasteiger partial charge in [-0.2, -0.15) is 0 Å². The van der Waals surface area contributed by atoms with Gasteiger partial charge in [0.1, 0.15) is 5.75 Å². The molecule has 4 saturated carbocycles. The van der Waals surface area contributed by atoms with Crippen molar-refractivity contribution in [2.24, 2.45) is 29.6 Å². The van der Waals surface area contributed by atoms with Crippen molar-refractivity contribution < 1.29 is 9.47 Å². The van der Waals surface area contributed by atoms with Crippen LogP contribution in [0.2, 0.25) is 0 Å². The summed E-state index contributed by atoms with van der Waals surface area (Å²) >= 11 is 0. The van der Waals surface area contributed by atoms with Crippen LogP contribution in [0.25, 0.3) is 0 Å². The average Bonchev–Trinajstić information content (AvgIpc) is 2.50. The second kappa shape index (κ2) is 5.31. The molecule has 5 rings (SSSR count). The van der Waals surface area contributed by atoms with E-state index in [1.807, 2.05) is 7.11 Å². The van der Waals surface area contributed by atoms with Crippen LogP contribution in [-0.2, 0) is 4.74 Å². The first-order valence-electron chi connectivity index (χ1n) is 8.45. The summed E-state index contributed by atoms with van der Waals surface area (Å²) in [4.78, 5) is 0. The zero-order valence-electron chi connectivity index (χ0n) is 13.1. The molecule has 4 fully saturated rings. The summed E-state index contributed by atoms with van der Waals surface area (Å²) < 4.78 is 11.3.